The van der Waals surface area contributed by atoms with Crippen LogP contribution in [0.5, 0.6) is 0 Å². The van der Waals surface area contributed by atoms with E-state index < -0.39 is 0 Å². The number of rotatable bonds is 8. The molecule has 1 heterocycles. The summed E-state index contributed by atoms with van der Waals surface area (Å²) in [6.07, 6.45) is 11.3. The molecule has 0 aromatic rings. The quantitative estimate of drug-likeness (QED) is 0.641. The first-order valence-corrected chi connectivity index (χ1v) is 7.23. The Bertz CT molecular complexity index is 185. The van der Waals surface area contributed by atoms with Gasteiger partial charge >= 0.3 is 0 Å². The molecule has 1 aliphatic heterocycles. The zero-order valence-corrected chi connectivity index (χ0v) is 10.7. The van der Waals surface area contributed by atoms with E-state index in [1.165, 1.54) is 57.9 Å². The van der Waals surface area contributed by atoms with Crippen molar-refractivity contribution in [1.82, 2.24) is 5.32 Å². The molecule has 1 N–H and O–H groups in total. The molecular weight excluding hydrogens is 198 g/mol. The van der Waals surface area contributed by atoms with Crippen molar-refractivity contribution in [2.45, 2.75) is 70.4 Å². The monoisotopic (exact) mass is 225 g/mol. The van der Waals surface area contributed by atoms with Crippen LogP contribution in [0.3, 0.4) is 0 Å². The zero-order valence-electron chi connectivity index (χ0n) is 10.7. The van der Waals surface area contributed by atoms with Gasteiger partial charge in [0.1, 0.15) is 0 Å². The number of nitrogens with one attached hydrogen (secondary N) is 1. The van der Waals surface area contributed by atoms with E-state index >= 15 is 0 Å². The van der Waals surface area contributed by atoms with E-state index in [1.54, 1.807) is 0 Å². The van der Waals surface area contributed by atoms with Crippen molar-refractivity contribution in [3.05, 3.63) is 0 Å². The molecule has 0 radical (unpaired) electrons. The highest BCUT2D eigenvalue weighted by Crippen LogP contribution is 2.34. The third-order valence-electron chi connectivity index (χ3n) is 3.97. The molecule has 16 heavy (non-hydrogen) atoms. The Morgan fingerprint density at radius 2 is 2.19 bits per heavy atom. The second-order valence-corrected chi connectivity index (χ2v) is 5.52. The van der Waals surface area contributed by atoms with Gasteiger partial charge in [-0.05, 0) is 51.0 Å². The fraction of sp³-hybridized carbons (Fsp3) is 1.00. The van der Waals surface area contributed by atoms with Crippen molar-refractivity contribution >= 4 is 0 Å². The molecule has 2 nitrogen and oxygen atoms in total. The van der Waals surface area contributed by atoms with Crippen LogP contribution in [0.2, 0.25) is 0 Å². The number of ether oxygens (including phenoxy) is 1. The van der Waals surface area contributed by atoms with Gasteiger partial charge in [0.05, 0.1) is 6.10 Å². The van der Waals surface area contributed by atoms with Gasteiger partial charge in [-0.1, -0.05) is 19.8 Å². The minimum absolute atomic E-state index is 0.574. The lowest BCUT2D eigenvalue weighted by Gasteiger charge is -2.17. The first kappa shape index (κ1) is 12.4. The molecule has 2 atom stereocenters. The summed E-state index contributed by atoms with van der Waals surface area (Å²) in [5, 5.41) is 3.71. The van der Waals surface area contributed by atoms with E-state index in [9.17, 15) is 0 Å². The molecule has 0 spiro atoms. The summed E-state index contributed by atoms with van der Waals surface area (Å²) in [5.41, 5.74) is 0. The third kappa shape index (κ3) is 4.42. The number of hydrogen-bond acceptors (Lipinski definition) is 2. The average molecular weight is 225 g/mol. The average Bonchev–Trinajstić information content (AvgIpc) is 2.96. The van der Waals surface area contributed by atoms with Crippen LogP contribution in [0.4, 0.5) is 0 Å². The predicted molar refractivity (Wildman–Crippen MR) is 67.6 cm³/mol. The summed E-state index contributed by atoms with van der Waals surface area (Å²) < 4.78 is 5.63. The molecule has 2 heteroatoms. The summed E-state index contributed by atoms with van der Waals surface area (Å²) in [5.74, 6) is 1.05. The molecule has 2 unspecified atom stereocenters. The first-order chi connectivity index (χ1) is 7.88. The van der Waals surface area contributed by atoms with Crippen molar-refractivity contribution < 1.29 is 4.74 Å². The van der Waals surface area contributed by atoms with Crippen LogP contribution in [-0.4, -0.2) is 25.3 Å². The standard InChI is InChI=1S/C14H27NO/c1-2-13(11-12-7-8-12)15-9-3-5-14-6-4-10-16-14/h12-15H,2-11H2,1H3. The van der Waals surface area contributed by atoms with Crippen molar-refractivity contribution in [2.75, 3.05) is 13.2 Å². The Hall–Kier alpha value is -0.0800. The SMILES string of the molecule is CCC(CC1CC1)NCCCC1CCCO1. The minimum atomic E-state index is 0.574. The lowest BCUT2D eigenvalue weighted by molar-refractivity contribution is 0.102. The molecule has 2 rings (SSSR count). The van der Waals surface area contributed by atoms with Gasteiger partial charge in [-0.25, -0.2) is 0 Å². The third-order valence-corrected chi connectivity index (χ3v) is 3.97. The molecule has 0 amide bonds. The molecule has 1 aliphatic carbocycles. The Kier molecular flexibility index (Phi) is 5.11. The molecule has 0 aromatic carbocycles. The van der Waals surface area contributed by atoms with Crippen molar-refractivity contribution in [1.29, 1.82) is 0 Å². The summed E-state index contributed by atoms with van der Waals surface area (Å²) in [6.45, 7) is 4.49. The van der Waals surface area contributed by atoms with Gasteiger partial charge in [0.2, 0.25) is 0 Å². The first-order valence-electron chi connectivity index (χ1n) is 7.23. The van der Waals surface area contributed by atoms with E-state index in [0.29, 0.717) is 6.10 Å². The van der Waals surface area contributed by atoms with Gasteiger partial charge < -0.3 is 10.1 Å². The summed E-state index contributed by atoms with van der Waals surface area (Å²) in [4.78, 5) is 0. The molecule has 1 saturated heterocycles. The van der Waals surface area contributed by atoms with Gasteiger partial charge in [0.15, 0.2) is 0 Å². The van der Waals surface area contributed by atoms with Crippen LogP contribution >= 0.6 is 0 Å². The van der Waals surface area contributed by atoms with Crippen LogP contribution in [-0.2, 0) is 4.74 Å². The topological polar surface area (TPSA) is 21.3 Å². The fourth-order valence-corrected chi connectivity index (χ4v) is 2.66. The predicted octanol–water partition coefficient (Wildman–Crippen LogP) is 3.11. The van der Waals surface area contributed by atoms with Crippen LogP contribution in [0, 0.1) is 5.92 Å². The van der Waals surface area contributed by atoms with Gasteiger partial charge in [-0.15, -0.1) is 0 Å². The molecule has 0 bridgehead atoms. The summed E-state index contributed by atoms with van der Waals surface area (Å²) in [7, 11) is 0. The Morgan fingerprint density at radius 1 is 1.31 bits per heavy atom. The molecule has 2 fully saturated rings. The summed E-state index contributed by atoms with van der Waals surface area (Å²) >= 11 is 0. The molecule has 0 aromatic heterocycles. The van der Waals surface area contributed by atoms with Gasteiger partial charge in [-0.2, -0.15) is 0 Å². The van der Waals surface area contributed by atoms with Crippen LogP contribution in [0.1, 0.15) is 58.3 Å². The van der Waals surface area contributed by atoms with E-state index in [-0.39, 0.29) is 0 Å². The van der Waals surface area contributed by atoms with Crippen molar-refractivity contribution in [3.8, 4) is 0 Å². The Morgan fingerprint density at radius 3 is 2.81 bits per heavy atom. The molecule has 94 valence electrons. The maximum Gasteiger partial charge on any atom is 0.0576 e. The smallest absolute Gasteiger partial charge is 0.0576 e. The van der Waals surface area contributed by atoms with E-state index in [0.717, 1.165) is 18.6 Å². The largest absolute Gasteiger partial charge is 0.378 e. The van der Waals surface area contributed by atoms with Crippen LogP contribution < -0.4 is 5.32 Å². The van der Waals surface area contributed by atoms with Gasteiger partial charge in [0.25, 0.3) is 0 Å². The summed E-state index contributed by atoms with van der Waals surface area (Å²) in [6, 6.07) is 0.775. The van der Waals surface area contributed by atoms with Gasteiger partial charge in [-0.3, -0.25) is 0 Å². The van der Waals surface area contributed by atoms with E-state index in [1.807, 2.05) is 0 Å². The van der Waals surface area contributed by atoms with Crippen molar-refractivity contribution in [3.63, 3.8) is 0 Å². The highest BCUT2D eigenvalue weighted by Gasteiger charge is 2.24. The lowest BCUT2D eigenvalue weighted by atomic mass is 10.1. The second kappa shape index (κ2) is 6.61. The fourth-order valence-electron chi connectivity index (χ4n) is 2.66. The van der Waals surface area contributed by atoms with E-state index in [4.69, 9.17) is 4.74 Å². The highest BCUT2D eigenvalue weighted by molar-refractivity contribution is 4.79. The second-order valence-electron chi connectivity index (χ2n) is 5.52. The maximum absolute atomic E-state index is 5.63. The van der Waals surface area contributed by atoms with Gasteiger partial charge in [0, 0.05) is 12.6 Å². The highest BCUT2D eigenvalue weighted by atomic mass is 16.5. The lowest BCUT2D eigenvalue weighted by Crippen LogP contribution is -2.30. The maximum atomic E-state index is 5.63. The molecule has 1 saturated carbocycles. The number of hydrogen-bond donors (Lipinski definition) is 1. The molecular formula is C14H27NO. The molecule has 2 aliphatic rings. The Balaban J connectivity index is 1.48. The van der Waals surface area contributed by atoms with Crippen LogP contribution in [0.15, 0.2) is 0 Å². The normalized spacial score (nSPS) is 27.2. The van der Waals surface area contributed by atoms with E-state index in [2.05, 4.69) is 12.2 Å². The van der Waals surface area contributed by atoms with Crippen LogP contribution in [0.25, 0.3) is 0 Å². The minimum Gasteiger partial charge on any atom is -0.378 e. The zero-order chi connectivity index (χ0) is 11.2. The van der Waals surface area contributed by atoms with Crippen molar-refractivity contribution in [2.24, 2.45) is 5.92 Å². The Labute approximate surface area is 100 Å².